The van der Waals surface area contributed by atoms with Gasteiger partial charge in [-0.3, -0.25) is 9.59 Å². The maximum Gasteiger partial charge on any atom is 0.243 e. The van der Waals surface area contributed by atoms with Gasteiger partial charge in [-0.15, -0.1) is 0 Å². The second-order valence-corrected chi connectivity index (χ2v) is 7.15. The van der Waals surface area contributed by atoms with Crippen LogP contribution in [0.25, 0.3) is 5.69 Å². The fourth-order valence-electron chi connectivity index (χ4n) is 2.63. The summed E-state index contributed by atoms with van der Waals surface area (Å²) in [6.45, 7) is 1.94. The molecule has 0 saturated heterocycles. The molecule has 0 bridgehead atoms. The van der Waals surface area contributed by atoms with Crippen LogP contribution in [0.5, 0.6) is 0 Å². The molecule has 0 aliphatic rings. The van der Waals surface area contributed by atoms with E-state index in [1.807, 2.05) is 37.3 Å². The first-order chi connectivity index (χ1) is 13.5. The van der Waals surface area contributed by atoms with Crippen molar-refractivity contribution >= 4 is 33.4 Å². The standard InChI is InChI=1S/C20H20BrN5O2/c1-14-10-15(2-8-18(14)21)3-9-19(27)23-11-20(28)25-16-4-6-17(7-5-16)26-13-22-12-24-26/h2,4-8,10,12-13H,3,9,11H2,1H3,(H,23,27)(H,25,28). The van der Waals surface area contributed by atoms with Crippen LogP contribution in [0.1, 0.15) is 17.5 Å². The summed E-state index contributed by atoms with van der Waals surface area (Å²) in [6.07, 6.45) is 4.02. The van der Waals surface area contributed by atoms with Crippen molar-refractivity contribution in [2.45, 2.75) is 19.8 Å². The predicted molar refractivity (Wildman–Crippen MR) is 110 cm³/mol. The molecule has 0 radical (unpaired) electrons. The monoisotopic (exact) mass is 441 g/mol. The van der Waals surface area contributed by atoms with Gasteiger partial charge in [-0.2, -0.15) is 5.10 Å². The molecular formula is C20H20BrN5O2. The third-order valence-corrected chi connectivity index (χ3v) is 5.03. The number of carbonyl (C=O) groups is 2. The zero-order chi connectivity index (χ0) is 19.9. The number of halogens is 1. The highest BCUT2D eigenvalue weighted by atomic mass is 79.9. The molecule has 3 rings (SSSR count). The summed E-state index contributed by atoms with van der Waals surface area (Å²) in [7, 11) is 0. The van der Waals surface area contributed by atoms with E-state index < -0.39 is 0 Å². The molecule has 2 N–H and O–H groups in total. The van der Waals surface area contributed by atoms with Crippen LogP contribution in [0.15, 0.2) is 59.6 Å². The highest BCUT2D eigenvalue weighted by Gasteiger charge is 2.07. The average molecular weight is 442 g/mol. The zero-order valence-corrected chi connectivity index (χ0v) is 16.9. The number of anilines is 1. The predicted octanol–water partition coefficient (Wildman–Crippen LogP) is 3.03. The molecule has 8 heteroatoms. The van der Waals surface area contributed by atoms with Gasteiger partial charge in [0, 0.05) is 16.6 Å². The van der Waals surface area contributed by atoms with Crippen molar-refractivity contribution in [3.8, 4) is 5.69 Å². The van der Waals surface area contributed by atoms with Gasteiger partial charge in [0.15, 0.2) is 0 Å². The van der Waals surface area contributed by atoms with Gasteiger partial charge in [0.2, 0.25) is 11.8 Å². The molecule has 0 saturated carbocycles. The smallest absolute Gasteiger partial charge is 0.243 e. The lowest BCUT2D eigenvalue weighted by molar-refractivity contribution is -0.124. The van der Waals surface area contributed by atoms with E-state index in [4.69, 9.17) is 0 Å². The Labute approximate surface area is 171 Å². The van der Waals surface area contributed by atoms with Crippen molar-refractivity contribution in [1.82, 2.24) is 20.1 Å². The number of nitrogens with one attached hydrogen (secondary N) is 2. The molecule has 0 fully saturated rings. The molecule has 7 nitrogen and oxygen atoms in total. The van der Waals surface area contributed by atoms with Gasteiger partial charge < -0.3 is 10.6 Å². The molecule has 144 valence electrons. The van der Waals surface area contributed by atoms with E-state index in [0.29, 0.717) is 18.5 Å². The molecule has 3 aromatic rings. The Morgan fingerprint density at radius 3 is 2.57 bits per heavy atom. The van der Waals surface area contributed by atoms with Gasteiger partial charge in [-0.25, -0.2) is 9.67 Å². The van der Waals surface area contributed by atoms with Gasteiger partial charge >= 0.3 is 0 Å². The topological polar surface area (TPSA) is 88.9 Å². The summed E-state index contributed by atoms with van der Waals surface area (Å²) in [5.74, 6) is -0.432. The van der Waals surface area contributed by atoms with Gasteiger partial charge in [-0.1, -0.05) is 28.1 Å². The summed E-state index contributed by atoms with van der Waals surface area (Å²) >= 11 is 3.46. The van der Waals surface area contributed by atoms with Crippen LogP contribution in [-0.4, -0.2) is 33.1 Å². The minimum atomic E-state index is -0.277. The summed E-state index contributed by atoms with van der Waals surface area (Å²) in [6, 6.07) is 13.2. The number of rotatable bonds is 7. The molecule has 0 spiro atoms. The lowest BCUT2D eigenvalue weighted by Gasteiger charge is -2.08. The molecule has 1 heterocycles. The largest absolute Gasteiger partial charge is 0.347 e. The van der Waals surface area contributed by atoms with E-state index in [1.54, 1.807) is 23.1 Å². The highest BCUT2D eigenvalue weighted by Crippen LogP contribution is 2.18. The van der Waals surface area contributed by atoms with Crippen molar-refractivity contribution in [3.63, 3.8) is 0 Å². The Morgan fingerprint density at radius 2 is 1.89 bits per heavy atom. The molecular weight excluding hydrogens is 422 g/mol. The van der Waals surface area contributed by atoms with E-state index in [2.05, 4.69) is 36.6 Å². The van der Waals surface area contributed by atoms with Crippen LogP contribution in [0.4, 0.5) is 5.69 Å². The molecule has 0 atom stereocenters. The van der Waals surface area contributed by atoms with Gasteiger partial charge in [0.25, 0.3) is 0 Å². The van der Waals surface area contributed by atoms with Crippen LogP contribution in [0.2, 0.25) is 0 Å². The van der Waals surface area contributed by atoms with Crippen molar-refractivity contribution in [3.05, 3.63) is 70.7 Å². The minimum absolute atomic E-state index is 0.0664. The molecule has 2 aromatic carbocycles. The van der Waals surface area contributed by atoms with Crippen LogP contribution >= 0.6 is 15.9 Å². The maximum atomic E-state index is 12.0. The Kier molecular flexibility index (Phi) is 6.54. The molecule has 0 aliphatic heterocycles. The van der Waals surface area contributed by atoms with Crippen molar-refractivity contribution < 1.29 is 9.59 Å². The summed E-state index contributed by atoms with van der Waals surface area (Å²) in [5.41, 5.74) is 3.71. The SMILES string of the molecule is Cc1cc(CCC(=O)NCC(=O)Nc2ccc(-n3cncn3)cc2)ccc1Br. The van der Waals surface area contributed by atoms with E-state index in [1.165, 1.54) is 6.33 Å². The van der Waals surface area contributed by atoms with Gasteiger partial charge in [0.05, 0.1) is 12.2 Å². The molecule has 0 unspecified atom stereocenters. The first kappa shape index (κ1) is 19.8. The molecule has 28 heavy (non-hydrogen) atoms. The first-order valence-electron chi connectivity index (χ1n) is 8.78. The van der Waals surface area contributed by atoms with Crippen LogP contribution in [0.3, 0.4) is 0 Å². The van der Waals surface area contributed by atoms with Crippen molar-refractivity contribution in [2.75, 3.05) is 11.9 Å². The molecule has 0 aliphatic carbocycles. The summed E-state index contributed by atoms with van der Waals surface area (Å²) in [5, 5.41) is 9.45. The number of nitrogens with zero attached hydrogens (tertiary/aromatic N) is 3. The third-order valence-electron chi connectivity index (χ3n) is 4.14. The number of amides is 2. The van der Waals surface area contributed by atoms with E-state index in [9.17, 15) is 9.59 Å². The Balaban J connectivity index is 1.42. The Bertz CT molecular complexity index is 955. The quantitative estimate of drug-likeness (QED) is 0.589. The van der Waals surface area contributed by atoms with Crippen molar-refractivity contribution in [2.24, 2.45) is 0 Å². The third kappa shape index (κ3) is 5.50. The van der Waals surface area contributed by atoms with Crippen LogP contribution < -0.4 is 10.6 Å². The maximum absolute atomic E-state index is 12.0. The second-order valence-electron chi connectivity index (χ2n) is 6.30. The minimum Gasteiger partial charge on any atom is -0.347 e. The van der Waals surface area contributed by atoms with E-state index in [-0.39, 0.29) is 18.4 Å². The van der Waals surface area contributed by atoms with Crippen molar-refractivity contribution in [1.29, 1.82) is 0 Å². The number of hydrogen-bond acceptors (Lipinski definition) is 4. The van der Waals surface area contributed by atoms with E-state index in [0.717, 1.165) is 21.3 Å². The summed E-state index contributed by atoms with van der Waals surface area (Å²) in [4.78, 5) is 27.9. The second kappa shape index (κ2) is 9.27. The number of hydrogen-bond donors (Lipinski definition) is 2. The van der Waals surface area contributed by atoms with Gasteiger partial charge in [-0.05, 0) is 54.8 Å². The van der Waals surface area contributed by atoms with Crippen LogP contribution in [0, 0.1) is 6.92 Å². The van der Waals surface area contributed by atoms with Crippen LogP contribution in [-0.2, 0) is 16.0 Å². The Hall–Kier alpha value is -3.00. The molecule has 1 aromatic heterocycles. The van der Waals surface area contributed by atoms with E-state index >= 15 is 0 Å². The first-order valence-corrected chi connectivity index (χ1v) is 9.57. The number of carbonyl (C=O) groups excluding carboxylic acids is 2. The lowest BCUT2D eigenvalue weighted by Crippen LogP contribution is -2.32. The zero-order valence-electron chi connectivity index (χ0n) is 15.4. The average Bonchev–Trinajstić information content (AvgIpc) is 3.23. The number of benzene rings is 2. The fourth-order valence-corrected chi connectivity index (χ4v) is 2.88. The molecule has 2 amide bonds. The number of aromatic nitrogens is 3. The highest BCUT2D eigenvalue weighted by molar-refractivity contribution is 9.10. The summed E-state index contributed by atoms with van der Waals surface area (Å²) < 4.78 is 2.67. The lowest BCUT2D eigenvalue weighted by atomic mass is 10.1. The normalized spacial score (nSPS) is 10.5. The van der Waals surface area contributed by atoms with Gasteiger partial charge in [0.1, 0.15) is 12.7 Å². The number of aryl methyl sites for hydroxylation is 2. The Morgan fingerprint density at radius 1 is 1.11 bits per heavy atom. The fraction of sp³-hybridized carbons (Fsp3) is 0.200.